The maximum atomic E-state index is 12.5. The zero-order valence-corrected chi connectivity index (χ0v) is 29.9. The summed E-state index contributed by atoms with van der Waals surface area (Å²) in [5.74, 6) is 0.842. The van der Waals surface area contributed by atoms with E-state index in [4.69, 9.17) is 30.9 Å². The molecule has 0 saturated heterocycles. The highest BCUT2D eigenvalue weighted by atomic mass is 16.6. The number of benzene rings is 2. The van der Waals surface area contributed by atoms with E-state index in [0.29, 0.717) is 41.7 Å². The number of likely N-dealkylation sites (N-methyl/N-ethyl adjacent to an activating group) is 1. The van der Waals surface area contributed by atoms with Gasteiger partial charge < -0.3 is 39.6 Å². The first kappa shape index (κ1) is 35.5. The average Bonchev–Trinajstić information content (AvgIpc) is 3.80. The number of ether oxygens (including phenoxy) is 3. The van der Waals surface area contributed by atoms with Crippen molar-refractivity contribution in [2.75, 3.05) is 30.8 Å². The van der Waals surface area contributed by atoms with E-state index in [-0.39, 0.29) is 30.3 Å². The number of esters is 1. The Kier molecular flexibility index (Phi) is 9.62. The Balaban J connectivity index is 0.988. The highest BCUT2D eigenvalue weighted by Gasteiger charge is 2.39. The summed E-state index contributed by atoms with van der Waals surface area (Å²) in [6, 6.07) is 15.6. The molecule has 1 aliphatic carbocycles. The van der Waals surface area contributed by atoms with Gasteiger partial charge in [-0.25, -0.2) is 14.6 Å². The van der Waals surface area contributed by atoms with Crippen LogP contribution >= 0.6 is 0 Å². The Morgan fingerprint density at radius 2 is 1.85 bits per heavy atom. The minimum Gasteiger partial charge on any atom is -0.471 e. The van der Waals surface area contributed by atoms with Gasteiger partial charge in [0.05, 0.1) is 19.4 Å². The van der Waals surface area contributed by atoms with Gasteiger partial charge in [0.1, 0.15) is 35.9 Å². The van der Waals surface area contributed by atoms with Gasteiger partial charge in [0.25, 0.3) is 5.70 Å². The fraction of sp³-hybridized carbons (Fsp3) is 0.316. The molecule has 3 heterocycles. The summed E-state index contributed by atoms with van der Waals surface area (Å²) in [6.07, 6.45) is 2.42. The number of nitrogens with two attached hydrogens (primary N) is 1. The fourth-order valence-corrected chi connectivity index (χ4v) is 5.84. The summed E-state index contributed by atoms with van der Waals surface area (Å²) in [5.41, 5.74) is 11.3. The number of nitrogens with one attached hydrogen (secondary N) is 2. The lowest BCUT2D eigenvalue weighted by atomic mass is 9.82. The molecule has 0 atom stereocenters. The highest BCUT2D eigenvalue weighted by Crippen LogP contribution is 2.51. The molecule has 0 saturated carbocycles. The summed E-state index contributed by atoms with van der Waals surface area (Å²) >= 11 is 0. The van der Waals surface area contributed by atoms with Gasteiger partial charge in [-0.2, -0.15) is 9.97 Å². The summed E-state index contributed by atoms with van der Waals surface area (Å²) in [7, 11) is 1.94. The molecule has 14 nitrogen and oxygen atoms in total. The molecule has 0 spiro atoms. The number of nitrogens with zero attached hydrogens (tertiary/aromatic N) is 5. The monoisotopic (exact) mass is 704 g/mol. The smallest absolute Gasteiger partial charge is 0.407 e. The molecule has 5 aromatic rings. The number of carbonyl (C=O) groups is 2. The summed E-state index contributed by atoms with van der Waals surface area (Å²) in [6.45, 7) is 18.2. The van der Waals surface area contributed by atoms with Gasteiger partial charge >= 0.3 is 12.1 Å². The Labute approximate surface area is 300 Å². The standard InChI is InChI=1S/C38H40N8O6/c1-37(2,3)52-34(47)29(40-6)18-25-17-28-31(51-25)26-13-12-24(16-27(26)38(28,4)5)46(7)14-15-49-36(48)41-19-22-8-10-23(11-9-22)20-50-33-30-32(43-21-42-30)44-35(39)45-33/h8-13,16-18,21H,14-15,19-20H2,1-5,7H3,(H,41,48)(H3,39,42,43,44,45)/b29-18-. The number of hydrogen-bond donors (Lipinski definition) is 3. The second-order valence-corrected chi connectivity index (χ2v) is 13.9. The number of rotatable bonds is 11. The van der Waals surface area contributed by atoms with Crippen LogP contribution in [0.3, 0.4) is 0 Å². The molecular formula is C38H40N8O6. The molecule has 0 bridgehead atoms. The third-order valence-electron chi connectivity index (χ3n) is 8.56. The molecule has 14 heteroatoms. The van der Waals surface area contributed by atoms with E-state index >= 15 is 0 Å². The molecule has 1 amide bonds. The minimum atomic E-state index is -0.714. The summed E-state index contributed by atoms with van der Waals surface area (Å²) in [5, 5.41) is 2.79. The number of furan rings is 1. The largest absolute Gasteiger partial charge is 0.471 e. The molecule has 2 aromatic carbocycles. The van der Waals surface area contributed by atoms with Gasteiger partial charge in [0.2, 0.25) is 11.8 Å². The van der Waals surface area contributed by atoms with Crippen molar-refractivity contribution < 1.29 is 28.2 Å². The normalized spacial score (nSPS) is 13.2. The van der Waals surface area contributed by atoms with E-state index in [9.17, 15) is 9.59 Å². The Bertz CT molecular complexity index is 2200. The molecule has 268 valence electrons. The van der Waals surface area contributed by atoms with Crippen molar-refractivity contribution in [2.24, 2.45) is 0 Å². The van der Waals surface area contributed by atoms with Crippen molar-refractivity contribution in [1.29, 1.82) is 0 Å². The van der Waals surface area contributed by atoms with E-state index in [1.807, 2.05) is 54.4 Å². The summed E-state index contributed by atoms with van der Waals surface area (Å²) < 4.78 is 22.8. The second kappa shape index (κ2) is 14.1. The van der Waals surface area contributed by atoms with Gasteiger partial charge in [-0.3, -0.25) is 4.79 Å². The van der Waals surface area contributed by atoms with Crippen LogP contribution < -0.4 is 20.7 Å². The number of fused-ring (bicyclic) bond motifs is 4. The lowest BCUT2D eigenvalue weighted by Gasteiger charge is -2.24. The third-order valence-corrected chi connectivity index (χ3v) is 8.56. The highest BCUT2D eigenvalue weighted by molar-refractivity contribution is 5.95. The Morgan fingerprint density at radius 3 is 2.58 bits per heavy atom. The van der Waals surface area contributed by atoms with Crippen LogP contribution in [-0.4, -0.2) is 57.8 Å². The maximum Gasteiger partial charge on any atom is 0.407 e. The van der Waals surface area contributed by atoms with Crippen LogP contribution in [0.15, 0.2) is 65.0 Å². The first-order chi connectivity index (χ1) is 24.7. The molecule has 0 aliphatic heterocycles. The van der Waals surface area contributed by atoms with E-state index in [1.165, 1.54) is 12.4 Å². The first-order valence-electron chi connectivity index (χ1n) is 16.6. The molecular weight excluding hydrogens is 664 g/mol. The van der Waals surface area contributed by atoms with Crippen molar-refractivity contribution in [3.05, 3.63) is 100.0 Å². The van der Waals surface area contributed by atoms with Gasteiger partial charge in [-0.05, 0) is 67.8 Å². The Morgan fingerprint density at radius 1 is 1.10 bits per heavy atom. The number of H-pyrrole nitrogens is 1. The predicted molar refractivity (Wildman–Crippen MR) is 195 cm³/mol. The minimum absolute atomic E-state index is 0.0807. The van der Waals surface area contributed by atoms with Crippen LogP contribution in [0.2, 0.25) is 0 Å². The summed E-state index contributed by atoms with van der Waals surface area (Å²) in [4.78, 5) is 45.6. The van der Waals surface area contributed by atoms with Crippen molar-refractivity contribution in [3.8, 4) is 17.2 Å². The number of aromatic amines is 1. The van der Waals surface area contributed by atoms with Gasteiger partial charge in [0.15, 0.2) is 5.65 Å². The zero-order chi connectivity index (χ0) is 37.2. The van der Waals surface area contributed by atoms with E-state index in [0.717, 1.165) is 33.5 Å². The molecule has 3 aromatic heterocycles. The number of imidazole rings is 1. The van der Waals surface area contributed by atoms with Crippen LogP contribution in [0.5, 0.6) is 5.88 Å². The topological polar surface area (TPSA) is 175 Å². The molecule has 1 aliphatic rings. The molecule has 6 rings (SSSR count). The van der Waals surface area contributed by atoms with E-state index in [1.54, 1.807) is 20.8 Å². The predicted octanol–water partition coefficient (Wildman–Crippen LogP) is 6.38. The van der Waals surface area contributed by atoms with Crippen LogP contribution in [0.1, 0.15) is 62.6 Å². The molecule has 4 N–H and O–H groups in total. The number of hydrogen-bond acceptors (Lipinski definition) is 11. The van der Waals surface area contributed by atoms with E-state index in [2.05, 4.69) is 50.0 Å². The van der Waals surface area contributed by atoms with Gasteiger partial charge in [-0.15, -0.1) is 0 Å². The zero-order valence-electron chi connectivity index (χ0n) is 29.9. The number of nitrogen functional groups attached to an aromatic ring is 1. The van der Waals surface area contributed by atoms with Crippen molar-refractivity contribution in [1.82, 2.24) is 25.3 Å². The number of carbonyl (C=O) groups excluding carboxylic acids is 2. The molecule has 0 unspecified atom stereocenters. The van der Waals surface area contributed by atoms with Crippen LogP contribution in [-0.2, 0) is 32.8 Å². The third kappa shape index (κ3) is 7.68. The number of anilines is 2. The number of aromatic nitrogens is 4. The van der Waals surface area contributed by atoms with Crippen LogP contribution in [0, 0.1) is 6.57 Å². The van der Waals surface area contributed by atoms with Crippen molar-refractivity contribution >= 4 is 40.9 Å². The average molecular weight is 705 g/mol. The lowest BCUT2D eigenvalue weighted by molar-refractivity contribution is -0.149. The van der Waals surface area contributed by atoms with Crippen LogP contribution in [0.25, 0.3) is 33.4 Å². The second-order valence-electron chi connectivity index (χ2n) is 13.9. The number of alkyl carbamates (subject to hydrolysis) is 1. The van der Waals surface area contributed by atoms with Gasteiger partial charge in [0, 0.05) is 35.8 Å². The first-order valence-corrected chi connectivity index (χ1v) is 16.6. The van der Waals surface area contributed by atoms with Gasteiger partial charge in [-0.1, -0.05) is 38.1 Å². The molecule has 0 radical (unpaired) electrons. The molecule has 0 fully saturated rings. The SMILES string of the molecule is [C-]#[N+]/C(=C\c1cc2c(o1)-c1ccc(N(C)CCOC(=O)NCc3ccc(COc4nc(N)nc5nc[nH]c45)cc3)cc1C2(C)C)C(=O)OC(C)(C)C. The lowest BCUT2D eigenvalue weighted by Crippen LogP contribution is -2.29. The fourth-order valence-electron chi connectivity index (χ4n) is 5.84. The van der Waals surface area contributed by atoms with Crippen molar-refractivity contribution in [3.63, 3.8) is 0 Å². The molecule has 52 heavy (non-hydrogen) atoms. The quantitative estimate of drug-likeness (QED) is 0.0791. The Hall–Kier alpha value is -6.36. The number of amides is 1. The maximum absolute atomic E-state index is 12.5. The van der Waals surface area contributed by atoms with E-state index < -0.39 is 17.7 Å². The van der Waals surface area contributed by atoms with Crippen LogP contribution in [0.4, 0.5) is 16.4 Å². The van der Waals surface area contributed by atoms with Crippen molar-refractivity contribution in [2.45, 2.75) is 58.8 Å².